The summed E-state index contributed by atoms with van der Waals surface area (Å²) in [6, 6.07) is 13.2. The van der Waals surface area contributed by atoms with Gasteiger partial charge in [0.2, 0.25) is 0 Å². The summed E-state index contributed by atoms with van der Waals surface area (Å²) in [7, 11) is 0. The van der Waals surface area contributed by atoms with Crippen molar-refractivity contribution >= 4 is 44.8 Å². The van der Waals surface area contributed by atoms with Crippen LogP contribution in [0.3, 0.4) is 0 Å². The molecule has 1 N–H and O–H groups in total. The van der Waals surface area contributed by atoms with Crippen LogP contribution in [0, 0.1) is 0 Å². The molecule has 2 rings (SSSR count). The third kappa shape index (κ3) is 4.60. The number of rotatable bonds is 5. The van der Waals surface area contributed by atoms with Crippen molar-refractivity contribution in [2.45, 2.75) is 0 Å². The van der Waals surface area contributed by atoms with Crippen LogP contribution in [0.1, 0.15) is 0 Å². The van der Waals surface area contributed by atoms with E-state index < -0.39 is 0 Å². The lowest BCUT2D eigenvalue weighted by atomic mass is 10.3. The largest absolute Gasteiger partial charge is 0.490 e. The minimum absolute atomic E-state index is 0.524. The molecule has 0 amide bonds. The molecule has 0 bridgehead atoms. The minimum Gasteiger partial charge on any atom is -0.490 e. The van der Waals surface area contributed by atoms with Crippen molar-refractivity contribution in [3.8, 4) is 5.75 Å². The lowest BCUT2D eigenvalue weighted by molar-refractivity contribution is 0.333. The van der Waals surface area contributed by atoms with Gasteiger partial charge in [-0.15, -0.1) is 0 Å². The van der Waals surface area contributed by atoms with Gasteiger partial charge in [-0.1, -0.05) is 39.1 Å². The van der Waals surface area contributed by atoms with Crippen LogP contribution in [0.4, 0.5) is 5.69 Å². The first-order valence-electron chi connectivity index (χ1n) is 5.72. The maximum Gasteiger partial charge on any atom is 0.138 e. The highest BCUT2D eigenvalue weighted by Gasteiger charge is 2.01. The summed E-state index contributed by atoms with van der Waals surface area (Å²) < 4.78 is 6.63. The van der Waals surface area contributed by atoms with E-state index in [0.29, 0.717) is 28.9 Å². The molecule has 0 aliphatic heterocycles. The number of benzene rings is 2. The molecule has 0 saturated carbocycles. The molecule has 0 aliphatic carbocycles. The van der Waals surface area contributed by atoms with Crippen molar-refractivity contribution in [3.05, 3.63) is 57.0 Å². The summed E-state index contributed by atoms with van der Waals surface area (Å²) in [6.45, 7) is 1.22. The molecule has 100 valence electrons. The average Bonchev–Trinajstić information content (AvgIpc) is 2.39. The van der Waals surface area contributed by atoms with Gasteiger partial charge in [0.15, 0.2) is 0 Å². The molecule has 0 aliphatic rings. The Balaban J connectivity index is 1.79. The Morgan fingerprint density at radius 3 is 2.47 bits per heavy atom. The predicted octanol–water partition coefficient (Wildman–Crippen LogP) is 5.25. The van der Waals surface area contributed by atoms with Gasteiger partial charge in [0, 0.05) is 21.7 Å². The molecule has 0 atom stereocenters. The maximum atomic E-state index is 6.01. The van der Waals surface area contributed by atoms with Crippen molar-refractivity contribution in [2.24, 2.45) is 0 Å². The minimum atomic E-state index is 0.524. The van der Waals surface area contributed by atoms with E-state index in [1.165, 1.54) is 0 Å². The van der Waals surface area contributed by atoms with Crippen LogP contribution in [-0.2, 0) is 0 Å². The first-order valence-corrected chi connectivity index (χ1v) is 7.27. The van der Waals surface area contributed by atoms with Crippen molar-refractivity contribution < 1.29 is 4.74 Å². The van der Waals surface area contributed by atoms with Gasteiger partial charge in [-0.05, 0) is 42.5 Å². The Morgan fingerprint density at radius 1 is 1.05 bits per heavy atom. The van der Waals surface area contributed by atoms with Crippen molar-refractivity contribution in [1.82, 2.24) is 0 Å². The molecule has 0 heterocycles. The molecule has 0 unspecified atom stereocenters. The second kappa shape index (κ2) is 7.04. The highest BCUT2D eigenvalue weighted by atomic mass is 79.9. The van der Waals surface area contributed by atoms with Gasteiger partial charge >= 0.3 is 0 Å². The average molecular weight is 361 g/mol. The number of anilines is 1. The SMILES string of the molecule is Clc1ccc(OCCNc2ccc(Br)cc2)c(Cl)c1. The van der Waals surface area contributed by atoms with E-state index in [1.54, 1.807) is 18.2 Å². The van der Waals surface area contributed by atoms with Crippen LogP contribution in [-0.4, -0.2) is 13.2 Å². The Bertz CT molecular complexity index is 546. The van der Waals surface area contributed by atoms with E-state index in [2.05, 4.69) is 21.2 Å². The van der Waals surface area contributed by atoms with Crippen LogP contribution in [0.15, 0.2) is 46.9 Å². The summed E-state index contributed by atoms with van der Waals surface area (Å²) in [5.41, 5.74) is 1.05. The Kier molecular flexibility index (Phi) is 5.37. The number of hydrogen-bond acceptors (Lipinski definition) is 2. The lowest BCUT2D eigenvalue weighted by Gasteiger charge is -2.10. The van der Waals surface area contributed by atoms with Crippen LogP contribution in [0.2, 0.25) is 10.0 Å². The molecule has 0 radical (unpaired) electrons. The lowest BCUT2D eigenvalue weighted by Crippen LogP contribution is -2.11. The van der Waals surface area contributed by atoms with E-state index in [9.17, 15) is 0 Å². The molecule has 0 fully saturated rings. The quantitative estimate of drug-likeness (QED) is 0.735. The molecule has 2 aromatic rings. The van der Waals surface area contributed by atoms with E-state index in [1.807, 2.05) is 24.3 Å². The van der Waals surface area contributed by atoms with Gasteiger partial charge in [-0.25, -0.2) is 0 Å². The fourth-order valence-electron chi connectivity index (χ4n) is 1.52. The third-order valence-corrected chi connectivity index (χ3v) is 3.49. The van der Waals surface area contributed by atoms with E-state index in [4.69, 9.17) is 27.9 Å². The highest BCUT2D eigenvalue weighted by Crippen LogP contribution is 2.27. The summed E-state index contributed by atoms with van der Waals surface area (Å²) in [5.74, 6) is 0.642. The number of halogens is 3. The molecule has 2 aromatic carbocycles. The first-order chi connectivity index (χ1) is 9.15. The van der Waals surface area contributed by atoms with Crippen LogP contribution >= 0.6 is 39.1 Å². The Labute approximate surface area is 130 Å². The fourth-order valence-corrected chi connectivity index (χ4v) is 2.24. The van der Waals surface area contributed by atoms with Gasteiger partial charge in [0.25, 0.3) is 0 Å². The first kappa shape index (κ1) is 14.5. The van der Waals surface area contributed by atoms with Crippen LogP contribution in [0.25, 0.3) is 0 Å². The molecule has 0 aromatic heterocycles. The molecular weight excluding hydrogens is 349 g/mol. The third-order valence-electron chi connectivity index (χ3n) is 2.43. The molecule has 0 spiro atoms. The molecule has 19 heavy (non-hydrogen) atoms. The zero-order valence-electron chi connectivity index (χ0n) is 10.00. The Hall–Kier alpha value is -0.900. The van der Waals surface area contributed by atoms with Gasteiger partial charge in [0.05, 0.1) is 5.02 Å². The standard InChI is InChI=1S/C14H12BrCl2NO/c15-10-1-4-12(5-2-10)18-7-8-19-14-6-3-11(16)9-13(14)17/h1-6,9,18H,7-8H2. The monoisotopic (exact) mass is 359 g/mol. The summed E-state index contributed by atoms with van der Waals surface area (Å²) >= 11 is 15.2. The Morgan fingerprint density at radius 2 is 1.79 bits per heavy atom. The fraction of sp³-hybridized carbons (Fsp3) is 0.143. The second-order valence-electron chi connectivity index (χ2n) is 3.86. The molecule has 0 saturated heterocycles. The molecular formula is C14H12BrCl2NO. The summed E-state index contributed by atoms with van der Waals surface area (Å²) in [4.78, 5) is 0. The second-order valence-corrected chi connectivity index (χ2v) is 5.62. The summed E-state index contributed by atoms with van der Waals surface area (Å²) in [6.07, 6.45) is 0. The van der Waals surface area contributed by atoms with Crippen molar-refractivity contribution in [1.29, 1.82) is 0 Å². The van der Waals surface area contributed by atoms with Crippen molar-refractivity contribution in [2.75, 3.05) is 18.5 Å². The topological polar surface area (TPSA) is 21.3 Å². The van der Waals surface area contributed by atoms with Gasteiger partial charge in [0.1, 0.15) is 12.4 Å². The molecule has 2 nitrogen and oxygen atoms in total. The number of hydrogen-bond donors (Lipinski definition) is 1. The number of ether oxygens (including phenoxy) is 1. The van der Waals surface area contributed by atoms with Gasteiger partial charge < -0.3 is 10.1 Å². The van der Waals surface area contributed by atoms with Gasteiger partial charge in [-0.2, -0.15) is 0 Å². The van der Waals surface area contributed by atoms with Crippen LogP contribution < -0.4 is 10.1 Å². The normalized spacial score (nSPS) is 10.3. The van der Waals surface area contributed by atoms with E-state index in [0.717, 1.165) is 10.2 Å². The van der Waals surface area contributed by atoms with Crippen LogP contribution in [0.5, 0.6) is 5.75 Å². The van der Waals surface area contributed by atoms with E-state index >= 15 is 0 Å². The summed E-state index contributed by atoms with van der Waals surface area (Å²) in [5, 5.41) is 4.38. The maximum absolute atomic E-state index is 6.01. The van der Waals surface area contributed by atoms with E-state index in [-0.39, 0.29) is 0 Å². The zero-order valence-corrected chi connectivity index (χ0v) is 13.1. The highest BCUT2D eigenvalue weighted by molar-refractivity contribution is 9.10. The molecule has 5 heteroatoms. The predicted molar refractivity (Wildman–Crippen MR) is 84.6 cm³/mol. The van der Waals surface area contributed by atoms with Gasteiger partial charge in [-0.3, -0.25) is 0 Å². The zero-order chi connectivity index (χ0) is 13.7. The van der Waals surface area contributed by atoms with Crippen molar-refractivity contribution in [3.63, 3.8) is 0 Å². The smallest absolute Gasteiger partial charge is 0.138 e. The number of nitrogens with one attached hydrogen (secondary N) is 1.